The highest BCUT2D eigenvalue weighted by Gasteiger charge is 2.57. The van der Waals surface area contributed by atoms with Crippen LogP contribution >= 0.6 is 0 Å². The maximum Gasteiger partial charge on any atom is 0.138 e. The predicted molar refractivity (Wildman–Crippen MR) is 89.4 cm³/mol. The van der Waals surface area contributed by atoms with Gasteiger partial charge in [0.05, 0.1) is 5.60 Å². The quantitative estimate of drug-likeness (QED) is 0.723. The van der Waals surface area contributed by atoms with Crippen LogP contribution in [0.2, 0.25) is 0 Å². The van der Waals surface area contributed by atoms with Crippen molar-refractivity contribution in [1.29, 1.82) is 0 Å². The number of ketones is 1. The van der Waals surface area contributed by atoms with E-state index in [9.17, 15) is 9.90 Å². The SMILES string of the molecule is CC(C)C1(O)C=C2CCC3C(C)(C)C(=O)CCC3(C)C2CC1. The van der Waals surface area contributed by atoms with Crippen LogP contribution in [0.25, 0.3) is 0 Å². The number of aliphatic hydroxyl groups is 1. The summed E-state index contributed by atoms with van der Waals surface area (Å²) in [6, 6.07) is 0. The summed E-state index contributed by atoms with van der Waals surface area (Å²) in [7, 11) is 0. The molecule has 3 aliphatic rings. The lowest BCUT2D eigenvalue weighted by molar-refractivity contribution is -0.146. The molecule has 0 saturated heterocycles. The van der Waals surface area contributed by atoms with E-state index in [4.69, 9.17) is 0 Å². The lowest BCUT2D eigenvalue weighted by atomic mass is 9.45. The Bertz CT molecular complexity index is 516. The van der Waals surface area contributed by atoms with E-state index in [0.717, 1.165) is 38.5 Å². The molecule has 0 aliphatic heterocycles. The molecule has 0 aromatic carbocycles. The molecular weight excluding hydrogens is 272 g/mol. The first-order valence-corrected chi connectivity index (χ1v) is 9.08. The molecule has 0 spiro atoms. The smallest absolute Gasteiger partial charge is 0.138 e. The summed E-state index contributed by atoms with van der Waals surface area (Å²) in [6.07, 6.45) is 8.09. The van der Waals surface area contributed by atoms with E-state index < -0.39 is 5.60 Å². The molecule has 0 heterocycles. The van der Waals surface area contributed by atoms with Gasteiger partial charge >= 0.3 is 0 Å². The molecule has 2 nitrogen and oxygen atoms in total. The van der Waals surface area contributed by atoms with E-state index in [2.05, 4.69) is 40.7 Å². The van der Waals surface area contributed by atoms with Crippen molar-refractivity contribution < 1.29 is 9.90 Å². The molecule has 4 atom stereocenters. The fraction of sp³-hybridized carbons (Fsp3) is 0.850. The fourth-order valence-electron chi connectivity index (χ4n) is 5.83. The zero-order valence-electron chi connectivity index (χ0n) is 14.9. The molecule has 3 aliphatic carbocycles. The molecule has 2 heteroatoms. The maximum absolute atomic E-state index is 12.4. The van der Waals surface area contributed by atoms with Crippen molar-refractivity contribution in [3.05, 3.63) is 11.6 Å². The second kappa shape index (κ2) is 4.93. The first-order valence-electron chi connectivity index (χ1n) is 9.08. The topological polar surface area (TPSA) is 37.3 Å². The predicted octanol–water partition coefficient (Wildman–Crippen LogP) is 4.52. The van der Waals surface area contributed by atoms with E-state index >= 15 is 0 Å². The van der Waals surface area contributed by atoms with Crippen molar-refractivity contribution in [3.63, 3.8) is 0 Å². The summed E-state index contributed by atoms with van der Waals surface area (Å²) in [5.41, 5.74) is 0.922. The van der Waals surface area contributed by atoms with Gasteiger partial charge in [-0.05, 0) is 55.3 Å². The highest BCUT2D eigenvalue weighted by molar-refractivity contribution is 5.85. The summed E-state index contributed by atoms with van der Waals surface area (Å²) in [4.78, 5) is 12.4. The Morgan fingerprint density at radius 2 is 1.82 bits per heavy atom. The molecular formula is C20H32O2. The minimum absolute atomic E-state index is 0.176. The van der Waals surface area contributed by atoms with Crippen LogP contribution in [0.5, 0.6) is 0 Å². The summed E-state index contributed by atoms with van der Waals surface area (Å²) in [5, 5.41) is 10.9. The lowest BCUT2D eigenvalue weighted by Gasteiger charge is -2.59. The molecule has 3 rings (SSSR count). The Labute approximate surface area is 135 Å². The number of allylic oxidation sites excluding steroid dienone is 1. The largest absolute Gasteiger partial charge is 0.386 e. The third-order valence-corrected chi connectivity index (χ3v) is 7.51. The molecule has 0 amide bonds. The van der Waals surface area contributed by atoms with Crippen LogP contribution in [-0.2, 0) is 4.79 Å². The van der Waals surface area contributed by atoms with Crippen LogP contribution in [-0.4, -0.2) is 16.5 Å². The number of hydrogen-bond donors (Lipinski definition) is 1. The molecule has 2 fully saturated rings. The zero-order chi connectivity index (χ0) is 16.3. The van der Waals surface area contributed by atoms with E-state index in [1.165, 1.54) is 5.57 Å². The van der Waals surface area contributed by atoms with E-state index in [1.807, 2.05) is 0 Å². The Kier molecular flexibility index (Phi) is 3.64. The Balaban J connectivity index is 1.97. The van der Waals surface area contributed by atoms with Crippen molar-refractivity contribution in [1.82, 2.24) is 0 Å². The van der Waals surface area contributed by atoms with Gasteiger partial charge in [-0.2, -0.15) is 0 Å². The van der Waals surface area contributed by atoms with Gasteiger partial charge in [-0.15, -0.1) is 0 Å². The molecule has 2 saturated carbocycles. The van der Waals surface area contributed by atoms with Gasteiger partial charge in [0.25, 0.3) is 0 Å². The first kappa shape index (κ1) is 16.2. The molecule has 1 N–H and O–H groups in total. The number of hydrogen-bond acceptors (Lipinski definition) is 2. The minimum atomic E-state index is -0.616. The Hall–Kier alpha value is -0.630. The van der Waals surface area contributed by atoms with Crippen LogP contribution in [0.3, 0.4) is 0 Å². The van der Waals surface area contributed by atoms with Crippen LogP contribution < -0.4 is 0 Å². The van der Waals surface area contributed by atoms with E-state index in [-0.39, 0.29) is 16.7 Å². The highest BCUT2D eigenvalue weighted by Crippen LogP contribution is 2.62. The van der Waals surface area contributed by atoms with Gasteiger partial charge in [-0.25, -0.2) is 0 Å². The number of Topliss-reactive ketones (excluding diaryl/α,β-unsaturated/α-hetero) is 1. The first-order chi connectivity index (χ1) is 10.1. The average molecular weight is 304 g/mol. The second-order valence-electron chi connectivity index (χ2n) is 9.20. The molecule has 0 radical (unpaired) electrons. The van der Waals surface area contributed by atoms with E-state index in [1.54, 1.807) is 0 Å². The van der Waals surface area contributed by atoms with Gasteiger partial charge in [0, 0.05) is 11.8 Å². The van der Waals surface area contributed by atoms with Crippen molar-refractivity contribution in [2.24, 2.45) is 28.6 Å². The molecule has 0 aromatic heterocycles. The molecule has 22 heavy (non-hydrogen) atoms. The molecule has 0 aromatic rings. The van der Waals surface area contributed by atoms with Gasteiger partial charge in [-0.1, -0.05) is 46.3 Å². The van der Waals surface area contributed by atoms with E-state index in [0.29, 0.717) is 17.6 Å². The van der Waals surface area contributed by atoms with Crippen LogP contribution in [0.1, 0.15) is 73.1 Å². The summed E-state index contributed by atoms with van der Waals surface area (Å²) in [5.74, 6) is 1.79. The number of rotatable bonds is 1. The van der Waals surface area contributed by atoms with Crippen LogP contribution in [0, 0.1) is 28.6 Å². The van der Waals surface area contributed by atoms with Crippen molar-refractivity contribution in [3.8, 4) is 0 Å². The monoisotopic (exact) mass is 304 g/mol. The third kappa shape index (κ3) is 2.13. The van der Waals surface area contributed by atoms with Gasteiger partial charge in [0.15, 0.2) is 0 Å². The Morgan fingerprint density at radius 3 is 2.45 bits per heavy atom. The molecule has 0 bridgehead atoms. The number of carbonyl (C=O) groups excluding carboxylic acids is 1. The standard InChI is InChI=1S/C20H32O2/c1-13(2)20(22)11-8-15-14(12-20)6-7-16-18(3,4)17(21)9-10-19(15,16)5/h12-13,15-16,22H,6-11H2,1-5H3. The normalized spacial score (nSPS) is 44.3. The van der Waals surface area contributed by atoms with Gasteiger partial charge in [-0.3, -0.25) is 4.79 Å². The van der Waals surface area contributed by atoms with Gasteiger partial charge < -0.3 is 5.11 Å². The highest BCUT2D eigenvalue weighted by atomic mass is 16.3. The number of fused-ring (bicyclic) bond motifs is 3. The summed E-state index contributed by atoms with van der Waals surface area (Å²) >= 11 is 0. The summed E-state index contributed by atoms with van der Waals surface area (Å²) < 4.78 is 0. The molecule has 4 unspecified atom stereocenters. The van der Waals surface area contributed by atoms with Crippen LogP contribution in [0.15, 0.2) is 11.6 Å². The zero-order valence-corrected chi connectivity index (χ0v) is 14.9. The maximum atomic E-state index is 12.4. The third-order valence-electron chi connectivity index (χ3n) is 7.51. The molecule has 124 valence electrons. The average Bonchev–Trinajstić information content (AvgIpc) is 2.43. The van der Waals surface area contributed by atoms with Crippen LogP contribution in [0.4, 0.5) is 0 Å². The lowest BCUT2D eigenvalue weighted by Crippen LogP contribution is -2.54. The van der Waals surface area contributed by atoms with Gasteiger partial charge in [0.2, 0.25) is 0 Å². The van der Waals surface area contributed by atoms with Crippen molar-refractivity contribution in [2.45, 2.75) is 78.7 Å². The summed E-state index contributed by atoms with van der Waals surface area (Å²) in [6.45, 7) is 11.0. The fourth-order valence-corrected chi connectivity index (χ4v) is 5.83. The Morgan fingerprint density at radius 1 is 1.14 bits per heavy atom. The minimum Gasteiger partial charge on any atom is -0.386 e. The van der Waals surface area contributed by atoms with Gasteiger partial charge in [0.1, 0.15) is 5.78 Å². The van der Waals surface area contributed by atoms with Crippen molar-refractivity contribution >= 4 is 5.78 Å². The van der Waals surface area contributed by atoms with Crippen molar-refractivity contribution in [2.75, 3.05) is 0 Å². The number of carbonyl (C=O) groups is 1. The second-order valence-corrected chi connectivity index (χ2v) is 9.20.